The van der Waals surface area contributed by atoms with E-state index in [-0.39, 0.29) is 6.42 Å². The number of esters is 1. The predicted molar refractivity (Wildman–Crippen MR) is 53.0 cm³/mol. The van der Waals surface area contributed by atoms with E-state index >= 15 is 0 Å². The third-order valence-corrected chi connectivity index (χ3v) is 2.30. The molecule has 0 rings (SSSR count). The molecule has 1 N–H and O–H groups in total. The first kappa shape index (κ1) is 15.1. The van der Waals surface area contributed by atoms with Gasteiger partial charge < -0.3 is 10.1 Å². The summed E-state index contributed by atoms with van der Waals surface area (Å²) in [6.45, 7) is 0. The highest BCUT2D eigenvalue weighted by atomic mass is 32.2. The lowest BCUT2D eigenvalue weighted by Gasteiger charge is -2.16. The molecule has 16 heavy (non-hydrogen) atoms. The second-order valence-electron chi connectivity index (χ2n) is 2.83. The second kappa shape index (κ2) is 6.62. The Bertz CT molecular complexity index is 257. The summed E-state index contributed by atoms with van der Waals surface area (Å²) >= 11 is 1.35. The minimum absolute atomic E-state index is 0.0929. The normalized spacial score (nSPS) is 13.1. The molecule has 8 heteroatoms. The third kappa shape index (κ3) is 5.24. The summed E-state index contributed by atoms with van der Waals surface area (Å²) in [5.74, 6) is -2.58. The van der Waals surface area contributed by atoms with Gasteiger partial charge in [0.1, 0.15) is 6.04 Å². The minimum atomic E-state index is -4.99. The Balaban J connectivity index is 4.42. The van der Waals surface area contributed by atoms with E-state index in [0.717, 1.165) is 7.11 Å². The Hall–Kier alpha value is -0.920. The van der Waals surface area contributed by atoms with E-state index in [9.17, 15) is 22.8 Å². The lowest BCUT2D eigenvalue weighted by atomic mass is 10.2. The van der Waals surface area contributed by atoms with Crippen LogP contribution >= 0.6 is 11.8 Å². The van der Waals surface area contributed by atoms with Crippen molar-refractivity contribution >= 4 is 23.6 Å². The van der Waals surface area contributed by atoms with Crippen LogP contribution in [0.5, 0.6) is 0 Å². The molecule has 0 spiro atoms. The molecule has 0 radical (unpaired) electrons. The Kier molecular flexibility index (Phi) is 6.24. The highest BCUT2D eigenvalue weighted by Gasteiger charge is 2.40. The number of alkyl halides is 3. The van der Waals surface area contributed by atoms with Crippen LogP contribution in [0.1, 0.15) is 6.42 Å². The van der Waals surface area contributed by atoms with Crippen molar-refractivity contribution < 1.29 is 27.5 Å². The van der Waals surface area contributed by atoms with Gasteiger partial charge in [0.15, 0.2) is 0 Å². The zero-order valence-electron chi connectivity index (χ0n) is 8.76. The summed E-state index contributed by atoms with van der Waals surface area (Å²) in [4.78, 5) is 21.7. The molecule has 0 fully saturated rings. The summed E-state index contributed by atoms with van der Waals surface area (Å²) in [5, 5.41) is 1.59. The fourth-order valence-corrected chi connectivity index (χ4v) is 1.34. The molecule has 0 aliphatic rings. The van der Waals surface area contributed by atoms with Gasteiger partial charge >= 0.3 is 18.1 Å². The predicted octanol–water partition coefficient (Wildman–Crippen LogP) is 0.960. The first-order chi connectivity index (χ1) is 7.32. The Morgan fingerprint density at radius 3 is 2.38 bits per heavy atom. The van der Waals surface area contributed by atoms with E-state index in [1.807, 2.05) is 0 Å². The van der Waals surface area contributed by atoms with Gasteiger partial charge in [-0.15, -0.1) is 0 Å². The van der Waals surface area contributed by atoms with Gasteiger partial charge in [-0.3, -0.25) is 4.79 Å². The number of hydrogen-bond donors (Lipinski definition) is 1. The molecule has 1 atom stereocenters. The van der Waals surface area contributed by atoms with Gasteiger partial charge in [0.2, 0.25) is 0 Å². The molecule has 0 aliphatic carbocycles. The number of carbonyl (C=O) groups is 2. The number of carbonyl (C=O) groups excluding carboxylic acids is 2. The second-order valence-corrected chi connectivity index (χ2v) is 3.81. The number of nitrogens with one attached hydrogen (secondary N) is 1. The van der Waals surface area contributed by atoms with Gasteiger partial charge in [-0.2, -0.15) is 24.9 Å². The van der Waals surface area contributed by atoms with Crippen molar-refractivity contribution in [3.63, 3.8) is 0 Å². The van der Waals surface area contributed by atoms with Crippen LogP contribution in [0.25, 0.3) is 0 Å². The van der Waals surface area contributed by atoms with E-state index in [2.05, 4.69) is 4.74 Å². The Morgan fingerprint density at radius 2 is 2.00 bits per heavy atom. The number of rotatable bonds is 5. The average Bonchev–Trinajstić information content (AvgIpc) is 2.21. The van der Waals surface area contributed by atoms with Crippen LogP contribution in [-0.2, 0) is 14.3 Å². The van der Waals surface area contributed by atoms with Crippen LogP contribution in [0.2, 0.25) is 0 Å². The van der Waals surface area contributed by atoms with Crippen LogP contribution in [0.3, 0.4) is 0 Å². The fourth-order valence-electron chi connectivity index (χ4n) is 0.867. The zero-order chi connectivity index (χ0) is 12.8. The van der Waals surface area contributed by atoms with Crippen LogP contribution in [-0.4, -0.2) is 43.2 Å². The van der Waals surface area contributed by atoms with Gasteiger partial charge in [-0.1, -0.05) is 0 Å². The molecule has 0 aliphatic heterocycles. The van der Waals surface area contributed by atoms with Crippen molar-refractivity contribution in [1.82, 2.24) is 5.32 Å². The molecule has 1 amide bonds. The van der Waals surface area contributed by atoms with E-state index in [1.54, 1.807) is 11.6 Å². The maximum Gasteiger partial charge on any atom is 0.471 e. The molecule has 94 valence electrons. The van der Waals surface area contributed by atoms with Crippen LogP contribution in [0.15, 0.2) is 0 Å². The number of methoxy groups -OCH3 is 1. The summed E-state index contributed by atoms with van der Waals surface area (Å²) < 4.78 is 40.1. The molecular formula is C8H12F3NO3S. The van der Waals surface area contributed by atoms with Crippen molar-refractivity contribution in [3.8, 4) is 0 Å². The largest absolute Gasteiger partial charge is 0.471 e. The lowest BCUT2D eigenvalue weighted by molar-refractivity contribution is -0.175. The molecule has 4 nitrogen and oxygen atoms in total. The Morgan fingerprint density at radius 1 is 1.44 bits per heavy atom. The van der Waals surface area contributed by atoms with Crippen LogP contribution < -0.4 is 5.32 Å². The maximum atomic E-state index is 11.9. The van der Waals surface area contributed by atoms with Crippen molar-refractivity contribution in [2.24, 2.45) is 0 Å². The molecule has 0 saturated heterocycles. The summed E-state index contributed by atoms with van der Waals surface area (Å²) in [6.07, 6.45) is -3.17. The van der Waals surface area contributed by atoms with Crippen molar-refractivity contribution in [2.45, 2.75) is 18.6 Å². The SMILES string of the molecule is COC(=O)C(CCSC)NC(=O)C(F)(F)F. The van der Waals surface area contributed by atoms with Gasteiger partial charge in [0.25, 0.3) is 0 Å². The number of thioether (sulfide) groups is 1. The molecular weight excluding hydrogens is 247 g/mol. The fraction of sp³-hybridized carbons (Fsp3) is 0.750. The Labute approximate surface area is 94.9 Å². The minimum Gasteiger partial charge on any atom is -0.467 e. The zero-order valence-corrected chi connectivity index (χ0v) is 9.57. The molecule has 0 bridgehead atoms. The maximum absolute atomic E-state index is 11.9. The van der Waals surface area contributed by atoms with E-state index < -0.39 is 24.1 Å². The van der Waals surface area contributed by atoms with E-state index in [4.69, 9.17) is 0 Å². The van der Waals surface area contributed by atoms with Crippen molar-refractivity contribution in [1.29, 1.82) is 0 Å². The average molecular weight is 259 g/mol. The first-order valence-corrected chi connectivity index (χ1v) is 5.66. The van der Waals surface area contributed by atoms with Crippen molar-refractivity contribution in [3.05, 3.63) is 0 Å². The summed E-state index contributed by atoms with van der Waals surface area (Å²) in [5.41, 5.74) is 0. The molecule has 0 aromatic heterocycles. The highest BCUT2D eigenvalue weighted by Crippen LogP contribution is 2.15. The quantitative estimate of drug-likeness (QED) is 0.747. The van der Waals surface area contributed by atoms with Gasteiger partial charge in [0.05, 0.1) is 7.11 Å². The highest BCUT2D eigenvalue weighted by molar-refractivity contribution is 7.98. The van der Waals surface area contributed by atoms with Gasteiger partial charge in [-0.05, 0) is 18.4 Å². The third-order valence-electron chi connectivity index (χ3n) is 1.66. The standard InChI is InChI=1S/C8H12F3NO3S/c1-15-6(13)5(3-4-16-2)12-7(14)8(9,10)11/h5H,3-4H2,1-2H3,(H,12,14). The molecule has 0 aromatic rings. The van der Waals surface area contributed by atoms with E-state index in [1.165, 1.54) is 11.8 Å². The van der Waals surface area contributed by atoms with Crippen LogP contribution in [0, 0.1) is 0 Å². The molecule has 0 saturated carbocycles. The number of amides is 1. The lowest BCUT2D eigenvalue weighted by Crippen LogP contribution is -2.47. The van der Waals surface area contributed by atoms with Crippen molar-refractivity contribution in [2.75, 3.05) is 19.1 Å². The summed E-state index contributed by atoms with van der Waals surface area (Å²) in [7, 11) is 1.05. The number of ether oxygens (including phenoxy) is 1. The van der Waals surface area contributed by atoms with Crippen LogP contribution in [0.4, 0.5) is 13.2 Å². The number of halogens is 3. The molecule has 1 unspecified atom stereocenters. The van der Waals surface area contributed by atoms with Gasteiger partial charge in [-0.25, -0.2) is 4.79 Å². The van der Waals surface area contributed by atoms with E-state index in [0.29, 0.717) is 5.75 Å². The molecule has 0 aromatic carbocycles. The first-order valence-electron chi connectivity index (χ1n) is 4.27. The molecule has 0 heterocycles. The number of hydrogen-bond acceptors (Lipinski definition) is 4. The monoisotopic (exact) mass is 259 g/mol. The summed E-state index contributed by atoms with van der Waals surface area (Å²) in [6, 6.07) is -1.26. The smallest absolute Gasteiger partial charge is 0.467 e. The topological polar surface area (TPSA) is 55.4 Å². The van der Waals surface area contributed by atoms with Gasteiger partial charge in [0, 0.05) is 0 Å².